The van der Waals surface area contributed by atoms with Gasteiger partial charge in [-0.3, -0.25) is 9.48 Å². The molecule has 0 radical (unpaired) electrons. The third kappa shape index (κ3) is 6.09. The summed E-state index contributed by atoms with van der Waals surface area (Å²) in [5.74, 6) is -1.13. The average molecular weight is 515 g/mol. The molecule has 1 aliphatic heterocycles. The van der Waals surface area contributed by atoms with Crippen molar-refractivity contribution in [3.05, 3.63) is 23.5 Å². The highest BCUT2D eigenvalue weighted by Gasteiger charge is 2.40. The lowest BCUT2D eigenvalue weighted by atomic mass is 10.1. The van der Waals surface area contributed by atoms with Crippen LogP contribution in [0.5, 0.6) is 5.88 Å². The van der Waals surface area contributed by atoms with Gasteiger partial charge in [-0.2, -0.15) is 5.10 Å². The number of amides is 2. The van der Waals surface area contributed by atoms with E-state index in [1.807, 2.05) is 27.7 Å². The third-order valence-electron chi connectivity index (χ3n) is 5.88. The SMILES string of the molecule is Cn1nc(OC(F)(F)F)cc1C(=O)Nc1cc([C@H]2C[C@@H](OC(=O)NC3(C)CC3)CO2)nn1C(C)(C)C. The van der Waals surface area contributed by atoms with E-state index in [0.29, 0.717) is 17.9 Å². The summed E-state index contributed by atoms with van der Waals surface area (Å²) in [5, 5.41) is 13.7. The molecule has 198 valence electrons. The minimum atomic E-state index is -4.93. The van der Waals surface area contributed by atoms with Crippen LogP contribution in [-0.2, 0) is 22.1 Å². The molecule has 0 aromatic carbocycles. The summed E-state index contributed by atoms with van der Waals surface area (Å²) in [6.07, 6.45) is -4.11. The topological polar surface area (TPSA) is 122 Å². The average Bonchev–Trinajstić information content (AvgIpc) is 3.10. The first-order chi connectivity index (χ1) is 16.6. The molecule has 0 bridgehead atoms. The summed E-state index contributed by atoms with van der Waals surface area (Å²) >= 11 is 0. The van der Waals surface area contributed by atoms with Crippen LogP contribution in [0.15, 0.2) is 12.1 Å². The van der Waals surface area contributed by atoms with Gasteiger partial charge in [0.25, 0.3) is 5.91 Å². The molecule has 11 nitrogen and oxygen atoms in total. The van der Waals surface area contributed by atoms with Crippen LogP contribution in [0.3, 0.4) is 0 Å². The van der Waals surface area contributed by atoms with E-state index in [1.165, 1.54) is 7.05 Å². The van der Waals surface area contributed by atoms with Crippen molar-refractivity contribution in [2.75, 3.05) is 11.9 Å². The van der Waals surface area contributed by atoms with Gasteiger partial charge in [-0.15, -0.1) is 18.3 Å². The maximum absolute atomic E-state index is 12.9. The fraction of sp³-hybridized carbons (Fsp3) is 0.636. The van der Waals surface area contributed by atoms with Crippen LogP contribution in [0, 0.1) is 0 Å². The van der Waals surface area contributed by atoms with E-state index in [2.05, 4.69) is 25.6 Å². The highest BCUT2D eigenvalue weighted by Crippen LogP contribution is 2.36. The van der Waals surface area contributed by atoms with Crippen molar-refractivity contribution in [2.24, 2.45) is 7.05 Å². The first kappa shape index (κ1) is 25.8. The van der Waals surface area contributed by atoms with Crippen molar-refractivity contribution in [2.45, 2.75) is 76.6 Å². The number of carbonyl (C=O) groups is 2. The number of aromatic nitrogens is 4. The molecule has 1 saturated carbocycles. The van der Waals surface area contributed by atoms with E-state index in [1.54, 1.807) is 10.7 Å². The molecule has 2 aliphatic rings. The van der Waals surface area contributed by atoms with Gasteiger partial charge in [0, 0.05) is 31.1 Å². The van der Waals surface area contributed by atoms with E-state index in [0.717, 1.165) is 23.6 Å². The summed E-state index contributed by atoms with van der Waals surface area (Å²) in [5.41, 5.74) is -0.362. The largest absolute Gasteiger partial charge is 0.574 e. The number of halogens is 3. The number of nitrogens with one attached hydrogen (secondary N) is 2. The van der Waals surface area contributed by atoms with Crippen LogP contribution in [0.25, 0.3) is 0 Å². The Hall–Kier alpha value is -3.29. The first-order valence-corrected chi connectivity index (χ1v) is 11.4. The summed E-state index contributed by atoms with van der Waals surface area (Å²) in [6.45, 7) is 7.79. The predicted molar refractivity (Wildman–Crippen MR) is 119 cm³/mol. The van der Waals surface area contributed by atoms with Crippen LogP contribution in [-0.4, -0.2) is 56.2 Å². The molecular formula is C22H29F3N6O5. The Morgan fingerprint density at radius 1 is 1.19 bits per heavy atom. The van der Waals surface area contributed by atoms with Crippen LogP contribution >= 0.6 is 0 Å². The number of alkyl carbamates (subject to hydrolysis) is 1. The normalized spacial score (nSPS) is 21.2. The lowest BCUT2D eigenvalue weighted by molar-refractivity contribution is -0.276. The molecule has 2 amide bonds. The number of hydrogen-bond donors (Lipinski definition) is 2. The molecule has 2 N–H and O–H groups in total. The van der Waals surface area contributed by atoms with Crippen molar-refractivity contribution in [1.82, 2.24) is 24.9 Å². The van der Waals surface area contributed by atoms with Crippen LogP contribution in [0.1, 0.15) is 69.2 Å². The summed E-state index contributed by atoms with van der Waals surface area (Å²) < 4.78 is 55.2. The highest BCUT2D eigenvalue weighted by atomic mass is 19.4. The summed E-state index contributed by atoms with van der Waals surface area (Å²) in [7, 11) is 1.33. The number of anilines is 1. The molecule has 2 fully saturated rings. The van der Waals surface area contributed by atoms with Gasteiger partial charge < -0.3 is 24.8 Å². The molecule has 14 heteroatoms. The zero-order valence-corrected chi connectivity index (χ0v) is 20.6. The zero-order chi connectivity index (χ0) is 26.5. The van der Waals surface area contributed by atoms with Gasteiger partial charge in [0.1, 0.15) is 23.7 Å². The molecule has 3 heterocycles. The lowest BCUT2D eigenvalue weighted by Crippen LogP contribution is -2.37. The summed E-state index contributed by atoms with van der Waals surface area (Å²) in [6, 6.07) is 2.53. The molecule has 36 heavy (non-hydrogen) atoms. The Morgan fingerprint density at radius 3 is 2.50 bits per heavy atom. The third-order valence-corrected chi connectivity index (χ3v) is 5.88. The van der Waals surface area contributed by atoms with Gasteiger partial charge in [0.2, 0.25) is 5.88 Å². The Kier molecular flexibility index (Phi) is 6.43. The van der Waals surface area contributed by atoms with E-state index in [9.17, 15) is 22.8 Å². The molecule has 0 unspecified atom stereocenters. The van der Waals surface area contributed by atoms with Crippen LogP contribution < -0.4 is 15.4 Å². The zero-order valence-electron chi connectivity index (χ0n) is 20.6. The number of rotatable bonds is 6. The number of ether oxygens (including phenoxy) is 3. The number of alkyl halides is 3. The predicted octanol–water partition coefficient (Wildman–Crippen LogP) is 3.63. The van der Waals surface area contributed by atoms with Crippen LogP contribution in [0.4, 0.5) is 23.8 Å². The summed E-state index contributed by atoms with van der Waals surface area (Å²) in [4.78, 5) is 25.0. The van der Waals surface area contributed by atoms with E-state index >= 15 is 0 Å². The minimum Gasteiger partial charge on any atom is -0.444 e. The number of hydrogen-bond acceptors (Lipinski definition) is 7. The fourth-order valence-corrected chi connectivity index (χ4v) is 3.79. The Bertz CT molecular complexity index is 1150. The second-order valence-electron chi connectivity index (χ2n) is 10.3. The minimum absolute atomic E-state index is 0.140. The monoisotopic (exact) mass is 514 g/mol. The van der Waals surface area contributed by atoms with Gasteiger partial charge >= 0.3 is 12.5 Å². The van der Waals surface area contributed by atoms with Gasteiger partial charge in [-0.1, -0.05) is 0 Å². The molecule has 4 rings (SSSR count). The number of nitrogens with zero attached hydrogens (tertiary/aromatic N) is 4. The van der Waals surface area contributed by atoms with Crippen molar-refractivity contribution in [3.63, 3.8) is 0 Å². The van der Waals surface area contributed by atoms with Gasteiger partial charge in [0.05, 0.1) is 17.8 Å². The fourth-order valence-electron chi connectivity index (χ4n) is 3.79. The number of aryl methyl sites for hydroxylation is 1. The maximum Gasteiger partial charge on any atom is 0.574 e. The van der Waals surface area contributed by atoms with E-state index in [-0.39, 0.29) is 17.8 Å². The van der Waals surface area contributed by atoms with Gasteiger partial charge in [-0.05, 0) is 40.5 Å². The van der Waals surface area contributed by atoms with Gasteiger partial charge in [0.15, 0.2) is 0 Å². The Morgan fingerprint density at radius 2 is 1.89 bits per heavy atom. The highest BCUT2D eigenvalue weighted by molar-refractivity contribution is 6.02. The number of carbonyl (C=O) groups excluding carboxylic acids is 2. The van der Waals surface area contributed by atoms with Crippen molar-refractivity contribution >= 4 is 17.8 Å². The second kappa shape index (κ2) is 8.98. The van der Waals surface area contributed by atoms with Crippen molar-refractivity contribution < 1.29 is 37.0 Å². The first-order valence-electron chi connectivity index (χ1n) is 11.4. The van der Waals surface area contributed by atoms with Crippen LogP contribution in [0.2, 0.25) is 0 Å². The lowest BCUT2D eigenvalue weighted by Gasteiger charge is -2.22. The molecule has 2 aromatic rings. The molecule has 1 saturated heterocycles. The maximum atomic E-state index is 12.9. The van der Waals surface area contributed by atoms with Crippen molar-refractivity contribution in [3.8, 4) is 5.88 Å². The second-order valence-corrected chi connectivity index (χ2v) is 10.3. The molecule has 1 aliphatic carbocycles. The van der Waals surface area contributed by atoms with Gasteiger partial charge in [-0.25, -0.2) is 9.48 Å². The van der Waals surface area contributed by atoms with Crippen molar-refractivity contribution in [1.29, 1.82) is 0 Å². The quantitative estimate of drug-likeness (QED) is 0.604. The van der Waals surface area contributed by atoms with E-state index in [4.69, 9.17) is 9.47 Å². The van der Waals surface area contributed by atoms with E-state index < -0.39 is 42.0 Å². The molecular weight excluding hydrogens is 485 g/mol. The molecule has 2 atom stereocenters. The standard InChI is InChI=1S/C22H29F3N6O5/c1-20(2,3)31-16(26-18(32)14-10-17(29-30(14)5)36-22(23,24)25)9-13(28-31)15-8-12(11-34-15)35-19(33)27-21(4)6-7-21/h9-10,12,15H,6-8,11H2,1-5H3,(H,26,32)(H,27,33)/t12-,15-/m1/s1. The smallest absolute Gasteiger partial charge is 0.444 e. The Labute approximate surface area is 205 Å². The molecule has 2 aromatic heterocycles. The Balaban J connectivity index is 1.46. The molecule has 0 spiro atoms.